The van der Waals surface area contributed by atoms with Crippen LogP contribution in [0.1, 0.15) is 40.5 Å². The summed E-state index contributed by atoms with van der Waals surface area (Å²) in [6.45, 7) is 7.67. The minimum absolute atomic E-state index is 0.107. The highest BCUT2D eigenvalue weighted by Crippen LogP contribution is 2.58. The van der Waals surface area contributed by atoms with E-state index in [1.165, 1.54) is 0 Å². The van der Waals surface area contributed by atoms with Crippen LogP contribution in [0, 0.1) is 17.3 Å². The second kappa shape index (κ2) is 6.24. The van der Waals surface area contributed by atoms with E-state index >= 15 is 0 Å². The van der Waals surface area contributed by atoms with Gasteiger partial charge in [-0.05, 0) is 18.8 Å². The molecule has 114 valence electrons. The van der Waals surface area contributed by atoms with Crippen molar-refractivity contribution in [2.24, 2.45) is 17.3 Å². The Morgan fingerprint density at radius 1 is 1.25 bits per heavy atom. The van der Waals surface area contributed by atoms with E-state index in [4.69, 9.17) is 5.11 Å². The van der Waals surface area contributed by atoms with Gasteiger partial charge in [0.2, 0.25) is 11.8 Å². The number of aliphatic carboxylic acids is 1. The van der Waals surface area contributed by atoms with Crippen LogP contribution < -0.4 is 10.6 Å². The molecule has 0 aromatic heterocycles. The van der Waals surface area contributed by atoms with E-state index in [1.54, 1.807) is 13.8 Å². The number of carboxylic acids is 1. The quantitative estimate of drug-likeness (QED) is 0.643. The molecule has 1 aliphatic rings. The first-order valence-electron chi connectivity index (χ1n) is 7.01. The molecule has 1 rings (SSSR count). The van der Waals surface area contributed by atoms with Crippen LogP contribution in [0.2, 0.25) is 0 Å². The van der Waals surface area contributed by atoms with Crippen LogP contribution in [0.15, 0.2) is 0 Å². The average Bonchev–Trinajstić information content (AvgIpc) is 2.92. The van der Waals surface area contributed by atoms with Gasteiger partial charge in [0.1, 0.15) is 0 Å². The molecule has 6 nitrogen and oxygen atoms in total. The van der Waals surface area contributed by atoms with Crippen molar-refractivity contribution < 1.29 is 19.5 Å². The van der Waals surface area contributed by atoms with E-state index < -0.39 is 23.2 Å². The van der Waals surface area contributed by atoms with Crippen molar-refractivity contribution in [1.29, 1.82) is 0 Å². The third-order valence-electron chi connectivity index (χ3n) is 4.05. The molecule has 0 bridgehead atoms. The van der Waals surface area contributed by atoms with Gasteiger partial charge in [0.05, 0.1) is 11.8 Å². The first-order chi connectivity index (χ1) is 9.21. The highest BCUT2D eigenvalue weighted by Gasteiger charge is 2.65. The summed E-state index contributed by atoms with van der Waals surface area (Å²) in [6.07, 6.45) is 1.07. The molecular formula is C14H24N2O4. The molecule has 0 heterocycles. The largest absolute Gasteiger partial charge is 0.481 e. The van der Waals surface area contributed by atoms with E-state index in [0.717, 1.165) is 6.42 Å². The lowest BCUT2D eigenvalue weighted by Crippen LogP contribution is -2.36. The lowest BCUT2D eigenvalue weighted by molar-refractivity contribution is -0.140. The maximum absolute atomic E-state index is 11.9. The van der Waals surface area contributed by atoms with E-state index in [0.29, 0.717) is 0 Å². The molecule has 0 aromatic rings. The van der Waals surface area contributed by atoms with Gasteiger partial charge in [0, 0.05) is 19.0 Å². The summed E-state index contributed by atoms with van der Waals surface area (Å²) in [5.41, 5.74) is -0.505. The minimum Gasteiger partial charge on any atom is -0.481 e. The van der Waals surface area contributed by atoms with Crippen LogP contribution in [-0.4, -0.2) is 35.5 Å². The number of carbonyl (C=O) groups excluding carboxylic acids is 2. The van der Waals surface area contributed by atoms with Crippen molar-refractivity contribution in [1.82, 2.24) is 10.6 Å². The van der Waals surface area contributed by atoms with Gasteiger partial charge >= 0.3 is 5.97 Å². The molecule has 1 saturated carbocycles. The third kappa shape index (κ3) is 3.71. The van der Waals surface area contributed by atoms with Gasteiger partial charge in [0.25, 0.3) is 0 Å². The summed E-state index contributed by atoms with van der Waals surface area (Å²) < 4.78 is 0. The summed E-state index contributed by atoms with van der Waals surface area (Å²) >= 11 is 0. The average molecular weight is 284 g/mol. The molecule has 1 fully saturated rings. The van der Waals surface area contributed by atoms with E-state index in [-0.39, 0.29) is 30.8 Å². The summed E-state index contributed by atoms with van der Waals surface area (Å²) in [5, 5.41) is 14.5. The fourth-order valence-electron chi connectivity index (χ4n) is 2.45. The number of carbonyl (C=O) groups is 3. The Bertz CT molecular complexity index is 406. The zero-order chi connectivity index (χ0) is 15.5. The summed E-state index contributed by atoms with van der Waals surface area (Å²) in [4.78, 5) is 34.4. The summed E-state index contributed by atoms with van der Waals surface area (Å²) in [5.74, 6) is -2.46. The lowest BCUT2D eigenvalue weighted by Gasteiger charge is -2.11. The van der Waals surface area contributed by atoms with Gasteiger partial charge in [-0.3, -0.25) is 14.4 Å². The van der Waals surface area contributed by atoms with Crippen molar-refractivity contribution in [2.45, 2.75) is 46.6 Å². The normalized spacial score (nSPS) is 24.6. The van der Waals surface area contributed by atoms with Crippen LogP contribution in [0.5, 0.6) is 0 Å². The molecule has 1 aliphatic carbocycles. The Kier molecular flexibility index (Phi) is 5.14. The van der Waals surface area contributed by atoms with Gasteiger partial charge in [-0.15, -0.1) is 0 Å². The van der Waals surface area contributed by atoms with Gasteiger partial charge in [-0.1, -0.05) is 20.8 Å². The first kappa shape index (κ1) is 16.5. The van der Waals surface area contributed by atoms with Gasteiger partial charge in [-0.2, -0.15) is 0 Å². The molecule has 1 unspecified atom stereocenters. The molecule has 0 spiro atoms. The molecule has 0 radical (unpaired) electrons. The monoisotopic (exact) mass is 284 g/mol. The Labute approximate surface area is 119 Å². The fourth-order valence-corrected chi connectivity index (χ4v) is 2.45. The highest BCUT2D eigenvalue weighted by atomic mass is 16.4. The van der Waals surface area contributed by atoms with Crippen LogP contribution in [0.25, 0.3) is 0 Å². The number of hydrogen-bond donors (Lipinski definition) is 3. The zero-order valence-corrected chi connectivity index (χ0v) is 12.5. The van der Waals surface area contributed by atoms with Crippen LogP contribution in [-0.2, 0) is 14.4 Å². The number of carboxylic acid groups (broad SMARTS) is 1. The molecule has 20 heavy (non-hydrogen) atoms. The van der Waals surface area contributed by atoms with E-state index in [9.17, 15) is 14.4 Å². The second-order valence-electron chi connectivity index (χ2n) is 6.03. The van der Waals surface area contributed by atoms with E-state index in [1.807, 2.05) is 13.8 Å². The number of nitrogens with one attached hydrogen (secondary N) is 2. The Balaban J connectivity index is 2.32. The number of hydrogen-bond acceptors (Lipinski definition) is 3. The molecule has 3 atom stereocenters. The standard InChI is InChI=1S/C14H24N2O4/c1-5-8(2)16-9(17)6-7-15-12(18)10-11(13(19)20)14(10,3)4/h8,10-11H,5-7H2,1-4H3,(H,15,18)(H,16,17)(H,19,20)/t8?,10-,11+/m1/s1. The molecule has 0 saturated heterocycles. The topological polar surface area (TPSA) is 95.5 Å². The SMILES string of the molecule is CCC(C)NC(=O)CCNC(=O)[C@H]1[C@@H](C(=O)O)C1(C)C. The number of rotatable bonds is 7. The molecule has 0 aromatic carbocycles. The molecule has 2 amide bonds. The minimum atomic E-state index is -0.940. The second-order valence-corrected chi connectivity index (χ2v) is 6.03. The third-order valence-corrected chi connectivity index (χ3v) is 4.05. The Hall–Kier alpha value is -1.59. The van der Waals surface area contributed by atoms with Crippen LogP contribution >= 0.6 is 0 Å². The molecular weight excluding hydrogens is 260 g/mol. The molecule has 0 aliphatic heterocycles. The van der Waals surface area contributed by atoms with Crippen LogP contribution in [0.4, 0.5) is 0 Å². The van der Waals surface area contributed by atoms with Crippen molar-refractivity contribution in [3.8, 4) is 0 Å². The zero-order valence-electron chi connectivity index (χ0n) is 12.5. The van der Waals surface area contributed by atoms with Gasteiger partial charge in [0.15, 0.2) is 0 Å². The first-order valence-corrected chi connectivity index (χ1v) is 7.01. The fraction of sp³-hybridized carbons (Fsp3) is 0.786. The highest BCUT2D eigenvalue weighted by molar-refractivity contribution is 5.91. The predicted molar refractivity (Wildman–Crippen MR) is 73.9 cm³/mol. The Morgan fingerprint density at radius 3 is 2.30 bits per heavy atom. The van der Waals surface area contributed by atoms with Gasteiger partial charge in [-0.25, -0.2) is 0 Å². The van der Waals surface area contributed by atoms with Crippen molar-refractivity contribution >= 4 is 17.8 Å². The molecule has 3 N–H and O–H groups in total. The summed E-state index contributed by atoms with van der Waals surface area (Å²) in [7, 11) is 0. The van der Waals surface area contributed by atoms with Crippen molar-refractivity contribution in [3.05, 3.63) is 0 Å². The maximum atomic E-state index is 11.9. The lowest BCUT2D eigenvalue weighted by atomic mass is 10.1. The summed E-state index contributed by atoms with van der Waals surface area (Å²) in [6, 6.07) is 0.122. The maximum Gasteiger partial charge on any atom is 0.307 e. The molecule has 6 heteroatoms. The smallest absolute Gasteiger partial charge is 0.307 e. The van der Waals surface area contributed by atoms with Crippen molar-refractivity contribution in [3.63, 3.8) is 0 Å². The van der Waals surface area contributed by atoms with Crippen molar-refractivity contribution in [2.75, 3.05) is 6.54 Å². The predicted octanol–water partition coefficient (Wildman–Crippen LogP) is 0.764. The van der Waals surface area contributed by atoms with Crippen LogP contribution in [0.3, 0.4) is 0 Å². The Morgan fingerprint density at radius 2 is 1.85 bits per heavy atom. The number of amides is 2. The van der Waals surface area contributed by atoms with Gasteiger partial charge < -0.3 is 15.7 Å². The van der Waals surface area contributed by atoms with E-state index in [2.05, 4.69) is 10.6 Å².